The molecule has 0 aromatic carbocycles. The van der Waals surface area contributed by atoms with E-state index in [1.165, 1.54) is 35.9 Å². The normalized spacial score (nSPS) is 22.6. The van der Waals surface area contributed by atoms with Crippen LogP contribution in [0.4, 0.5) is 0 Å². The van der Waals surface area contributed by atoms with Crippen molar-refractivity contribution < 1.29 is 9.53 Å². The van der Waals surface area contributed by atoms with Crippen molar-refractivity contribution in [2.45, 2.75) is 50.7 Å². The van der Waals surface area contributed by atoms with Crippen LogP contribution in [0.1, 0.15) is 55.1 Å². The van der Waals surface area contributed by atoms with Crippen molar-refractivity contribution in [3.63, 3.8) is 0 Å². The lowest BCUT2D eigenvalue weighted by Crippen LogP contribution is -2.33. The minimum Gasteiger partial charge on any atom is -0.376 e. The molecule has 2 fully saturated rings. The molecule has 1 aliphatic carbocycles. The molecule has 1 N–H and O–H groups in total. The topological polar surface area (TPSA) is 43.3 Å². The van der Waals surface area contributed by atoms with Crippen LogP contribution in [0.25, 0.3) is 10.2 Å². The number of ether oxygens (including phenoxy) is 1. The summed E-state index contributed by atoms with van der Waals surface area (Å²) in [6.45, 7) is 1.46. The van der Waals surface area contributed by atoms with Gasteiger partial charge in [-0.15, -0.1) is 11.3 Å². The van der Waals surface area contributed by atoms with Crippen molar-refractivity contribution in [2.24, 2.45) is 0 Å². The zero-order chi connectivity index (χ0) is 14.9. The molecular formula is C17H22N2O2S. The van der Waals surface area contributed by atoms with Gasteiger partial charge in [-0.25, -0.2) is 0 Å². The highest BCUT2D eigenvalue weighted by Crippen LogP contribution is 2.36. The molecular weight excluding hydrogens is 296 g/mol. The molecule has 1 saturated heterocycles. The Hall–Kier alpha value is -1.33. The van der Waals surface area contributed by atoms with Crippen molar-refractivity contribution in [1.82, 2.24) is 9.88 Å². The molecule has 0 bridgehead atoms. The van der Waals surface area contributed by atoms with Gasteiger partial charge in [0.1, 0.15) is 5.69 Å². The zero-order valence-electron chi connectivity index (χ0n) is 12.7. The predicted molar refractivity (Wildman–Crippen MR) is 88.6 cm³/mol. The number of thiophene rings is 1. The molecule has 2 aromatic heterocycles. The number of hydrogen-bond donors (Lipinski definition) is 1. The number of rotatable bonds is 4. The average Bonchev–Trinajstić information content (AvgIpc) is 3.26. The van der Waals surface area contributed by atoms with E-state index in [0.29, 0.717) is 12.6 Å². The first-order valence-electron chi connectivity index (χ1n) is 8.31. The summed E-state index contributed by atoms with van der Waals surface area (Å²) in [6.07, 6.45) is 7.27. The minimum atomic E-state index is 0.0470. The summed E-state index contributed by atoms with van der Waals surface area (Å²) >= 11 is 1.72. The Labute approximate surface area is 134 Å². The van der Waals surface area contributed by atoms with Gasteiger partial charge in [0, 0.05) is 19.2 Å². The zero-order valence-corrected chi connectivity index (χ0v) is 13.5. The van der Waals surface area contributed by atoms with E-state index in [0.717, 1.165) is 25.1 Å². The fourth-order valence-electron chi connectivity index (χ4n) is 3.78. The number of carbonyl (C=O) groups is 1. The van der Waals surface area contributed by atoms with Gasteiger partial charge in [-0.2, -0.15) is 0 Å². The third-order valence-corrected chi connectivity index (χ3v) is 5.75. The molecule has 3 heterocycles. The summed E-state index contributed by atoms with van der Waals surface area (Å²) in [5, 5.41) is 5.19. The molecule has 1 aliphatic heterocycles. The quantitative estimate of drug-likeness (QED) is 0.933. The van der Waals surface area contributed by atoms with Crippen LogP contribution in [0.5, 0.6) is 0 Å². The first kappa shape index (κ1) is 14.3. The van der Waals surface area contributed by atoms with Crippen molar-refractivity contribution in [1.29, 1.82) is 0 Å². The molecule has 1 saturated carbocycles. The average molecular weight is 318 g/mol. The second-order valence-corrected chi connectivity index (χ2v) is 7.30. The summed E-state index contributed by atoms with van der Waals surface area (Å²) in [6, 6.07) is 4.69. The number of aromatic nitrogens is 1. The van der Waals surface area contributed by atoms with Crippen molar-refractivity contribution >= 4 is 27.5 Å². The van der Waals surface area contributed by atoms with Gasteiger partial charge in [0.25, 0.3) is 5.91 Å². The molecule has 4 rings (SSSR count). The smallest absolute Gasteiger partial charge is 0.268 e. The Bertz CT molecular complexity index is 663. The van der Waals surface area contributed by atoms with Gasteiger partial charge in [0.05, 0.1) is 16.3 Å². The third kappa shape index (κ3) is 2.57. The number of amides is 1. The van der Waals surface area contributed by atoms with E-state index in [4.69, 9.17) is 4.74 Å². The first-order valence-corrected chi connectivity index (χ1v) is 9.19. The maximum Gasteiger partial charge on any atom is 0.268 e. The highest BCUT2D eigenvalue weighted by atomic mass is 32.1. The lowest BCUT2D eigenvalue weighted by atomic mass is 10.2. The fourth-order valence-corrected chi connectivity index (χ4v) is 4.59. The van der Waals surface area contributed by atoms with Gasteiger partial charge in [0.15, 0.2) is 0 Å². The van der Waals surface area contributed by atoms with Gasteiger partial charge >= 0.3 is 0 Å². The van der Waals surface area contributed by atoms with Crippen LogP contribution in [0, 0.1) is 0 Å². The first-order chi connectivity index (χ1) is 10.8. The lowest BCUT2D eigenvalue weighted by Gasteiger charge is -2.18. The third-order valence-electron chi connectivity index (χ3n) is 4.90. The van der Waals surface area contributed by atoms with Gasteiger partial charge in [-0.05, 0) is 43.2 Å². The van der Waals surface area contributed by atoms with Crippen LogP contribution < -0.4 is 5.32 Å². The van der Waals surface area contributed by atoms with Gasteiger partial charge in [-0.1, -0.05) is 12.8 Å². The van der Waals surface area contributed by atoms with Crippen LogP contribution >= 0.6 is 11.3 Å². The molecule has 0 spiro atoms. The lowest BCUT2D eigenvalue weighted by molar-refractivity contribution is 0.0849. The van der Waals surface area contributed by atoms with Crippen LogP contribution in [0.15, 0.2) is 17.5 Å². The highest BCUT2D eigenvalue weighted by molar-refractivity contribution is 7.17. The summed E-state index contributed by atoms with van der Waals surface area (Å²) < 4.78 is 9.09. The van der Waals surface area contributed by atoms with E-state index in [1.807, 2.05) is 0 Å². The molecule has 0 radical (unpaired) electrons. The van der Waals surface area contributed by atoms with Gasteiger partial charge in [-0.3, -0.25) is 4.79 Å². The van der Waals surface area contributed by atoms with E-state index in [2.05, 4.69) is 27.4 Å². The number of fused-ring (bicyclic) bond motifs is 1. The Morgan fingerprint density at radius 3 is 2.95 bits per heavy atom. The Morgan fingerprint density at radius 1 is 1.32 bits per heavy atom. The number of nitrogens with one attached hydrogen (secondary N) is 1. The largest absolute Gasteiger partial charge is 0.376 e. The van der Waals surface area contributed by atoms with Gasteiger partial charge < -0.3 is 14.6 Å². The second-order valence-electron chi connectivity index (χ2n) is 6.35. The summed E-state index contributed by atoms with van der Waals surface area (Å²) in [5.74, 6) is 0.0470. The summed E-state index contributed by atoms with van der Waals surface area (Å²) in [4.78, 5) is 12.7. The van der Waals surface area contributed by atoms with Crippen molar-refractivity contribution in [2.75, 3.05) is 13.2 Å². The Morgan fingerprint density at radius 2 is 2.18 bits per heavy atom. The standard InChI is InChI=1S/C17H22N2O2S/c20-17(18-11-13-6-3-8-21-13)15-10-16-14(7-9-22-16)19(15)12-4-1-2-5-12/h7,9-10,12-13H,1-6,8,11H2,(H,18,20). The fraction of sp³-hybridized carbons (Fsp3) is 0.588. The van der Waals surface area contributed by atoms with Crippen molar-refractivity contribution in [3.8, 4) is 0 Å². The Kier molecular flexibility index (Phi) is 3.92. The number of hydrogen-bond acceptors (Lipinski definition) is 3. The number of nitrogens with zero attached hydrogens (tertiary/aromatic N) is 1. The summed E-state index contributed by atoms with van der Waals surface area (Å²) in [5.41, 5.74) is 2.05. The van der Waals surface area contributed by atoms with Gasteiger partial charge in [0.2, 0.25) is 0 Å². The molecule has 4 nitrogen and oxygen atoms in total. The van der Waals surface area contributed by atoms with E-state index >= 15 is 0 Å². The maximum absolute atomic E-state index is 12.7. The molecule has 22 heavy (non-hydrogen) atoms. The Balaban J connectivity index is 1.57. The molecule has 5 heteroatoms. The molecule has 2 aliphatic rings. The second kappa shape index (κ2) is 6.05. The SMILES string of the molecule is O=C(NCC1CCCO1)c1cc2sccc2n1C1CCCC1. The molecule has 1 amide bonds. The molecule has 2 aromatic rings. The highest BCUT2D eigenvalue weighted by Gasteiger charge is 2.25. The monoisotopic (exact) mass is 318 g/mol. The molecule has 1 atom stereocenters. The summed E-state index contributed by atoms with van der Waals surface area (Å²) in [7, 11) is 0. The van der Waals surface area contributed by atoms with E-state index in [9.17, 15) is 4.79 Å². The van der Waals surface area contributed by atoms with Crippen LogP contribution in [0.2, 0.25) is 0 Å². The van der Waals surface area contributed by atoms with Crippen LogP contribution in [0.3, 0.4) is 0 Å². The molecule has 118 valence electrons. The van der Waals surface area contributed by atoms with E-state index in [-0.39, 0.29) is 12.0 Å². The number of carbonyl (C=O) groups excluding carboxylic acids is 1. The van der Waals surface area contributed by atoms with E-state index < -0.39 is 0 Å². The van der Waals surface area contributed by atoms with E-state index in [1.54, 1.807) is 11.3 Å². The van der Waals surface area contributed by atoms with Crippen LogP contribution in [-0.4, -0.2) is 29.7 Å². The van der Waals surface area contributed by atoms with Crippen molar-refractivity contribution in [3.05, 3.63) is 23.2 Å². The minimum absolute atomic E-state index is 0.0470. The molecule has 1 unspecified atom stereocenters. The maximum atomic E-state index is 12.7. The van der Waals surface area contributed by atoms with Crippen LogP contribution in [-0.2, 0) is 4.74 Å². The predicted octanol–water partition coefficient (Wildman–Crippen LogP) is 3.73.